The molecule has 7 heteroatoms. The molecule has 0 saturated heterocycles. The Morgan fingerprint density at radius 3 is 2.77 bits per heavy atom. The second-order valence-electron chi connectivity index (χ2n) is 6.81. The van der Waals surface area contributed by atoms with Crippen molar-refractivity contribution in [3.8, 4) is 11.3 Å². The van der Waals surface area contributed by atoms with Crippen molar-refractivity contribution in [3.05, 3.63) is 88.8 Å². The first kappa shape index (κ1) is 20.5. The number of aromatic nitrogens is 2. The summed E-state index contributed by atoms with van der Waals surface area (Å²) in [4.78, 5) is 21.6. The summed E-state index contributed by atoms with van der Waals surface area (Å²) in [6.07, 6.45) is 3.54. The second-order valence-corrected chi connectivity index (χ2v) is 10.7. The normalized spacial score (nSPS) is 11.2. The average molecular weight is 478 g/mol. The van der Waals surface area contributed by atoms with Crippen LogP contribution in [-0.2, 0) is 0 Å². The zero-order chi connectivity index (χ0) is 21.1. The van der Waals surface area contributed by atoms with Crippen molar-refractivity contribution in [2.45, 2.75) is 13.8 Å². The van der Waals surface area contributed by atoms with Gasteiger partial charge in [0.05, 0.1) is 0 Å². The van der Waals surface area contributed by atoms with Gasteiger partial charge in [0, 0.05) is 0 Å². The van der Waals surface area contributed by atoms with E-state index in [0.717, 1.165) is 30.5 Å². The summed E-state index contributed by atoms with van der Waals surface area (Å²) >= 11 is 1.25. The summed E-state index contributed by atoms with van der Waals surface area (Å²) < 4.78 is 16.2. The van der Waals surface area contributed by atoms with Gasteiger partial charge in [0.15, 0.2) is 0 Å². The fourth-order valence-electron chi connectivity index (χ4n) is 2.85. The van der Waals surface area contributed by atoms with E-state index in [1.54, 1.807) is 41.9 Å². The van der Waals surface area contributed by atoms with Crippen molar-refractivity contribution in [2.75, 3.05) is 5.32 Å². The van der Waals surface area contributed by atoms with Crippen LogP contribution in [0.2, 0.25) is 0 Å². The molecule has 4 rings (SSSR count). The maximum absolute atomic E-state index is 14.1. The summed E-state index contributed by atoms with van der Waals surface area (Å²) in [5, 5.41) is 4.70. The molecule has 1 N–H and O–H groups in total. The maximum atomic E-state index is 14.1. The number of carbonyl (C=O) groups excluding carboxylic acids is 1. The Balaban J connectivity index is 1.53. The molecule has 30 heavy (non-hydrogen) atoms. The van der Waals surface area contributed by atoms with E-state index in [9.17, 15) is 9.18 Å². The van der Waals surface area contributed by atoms with Crippen LogP contribution in [0.5, 0.6) is 0 Å². The number of anilines is 1. The van der Waals surface area contributed by atoms with Gasteiger partial charge in [-0.3, -0.25) is 0 Å². The van der Waals surface area contributed by atoms with E-state index < -0.39 is 5.82 Å². The van der Waals surface area contributed by atoms with Gasteiger partial charge in [0.25, 0.3) is 0 Å². The van der Waals surface area contributed by atoms with Crippen LogP contribution in [0.4, 0.5) is 10.1 Å². The first-order chi connectivity index (χ1) is 14.5. The van der Waals surface area contributed by atoms with Gasteiger partial charge >= 0.3 is 185 Å². The van der Waals surface area contributed by atoms with Crippen LogP contribution in [-0.4, -0.2) is 31.6 Å². The van der Waals surface area contributed by atoms with E-state index in [1.165, 1.54) is 6.07 Å². The molecule has 0 aliphatic heterocycles. The van der Waals surface area contributed by atoms with Crippen LogP contribution in [0.15, 0.2) is 66.3 Å². The fraction of sp³-hybridized carbons (Fsp3) is 0.0870. The Bertz CT molecular complexity index is 1210. The topological polar surface area (TPSA) is 54.9 Å². The fourth-order valence-corrected chi connectivity index (χ4v) is 6.35. The first-order valence-corrected chi connectivity index (χ1v) is 12.0. The van der Waals surface area contributed by atoms with E-state index in [0.29, 0.717) is 5.56 Å². The molecule has 4 aromatic rings. The molecule has 1 radical (unpaired) electrons. The van der Waals surface area contributed by atoms with Gasteiger partial charge in [-0.2, -0.15) is 0 Å². The van der Waals surface area contributed by atoms with Gasteiger partial charge in [-0.25, -0.2) is 0 Å². The SMILES string of the molecule is Cc1ccc(NC(=O)c2ccc(C)c([As]c3nc(-c4cccnc4)cs3)c2)c(F)c1. The molecule has 1 amide bonds. The molecule has 4 nitrogen and oxygen atoms in total. The standard InChI is InChI=1S/C23H18AsFN3OS/c1-14-5-8-20(19(25)10-14)27-22(29)16-7-6-15(2)18(11-16)24-23-28-21(13-30-23)17-4-3-9-26-12-17/h3-13H,1-2H3,(H,27,29). The van der Waals surface area contributed by atoms with Crippen molar-refractivity contribution >= 4 is 46.8 Å². The third-order valence-corrected chi connectivity index (χ3v) is 8.42. The summed E-state index contributed by atoms with van der Waals surface area (Å²) in [5.74, 6) is -0.761. The molecule has 0 saturated carbocycles. The van der Waals surface area contributed by atoms with E-state index >= 15 is 0 Å². The molecule has 149 valence electrons. The molecule has 2 heterocycles. The van der Waals surface area contributed by atoms with E-state index in [4.69, 9.17) is 4.98 Å². The minimum absolute atomic E-state index is 0.182. The zero-order valence-corrected chi connectivity index (χ0v) is 19.1. The Morgan fingerprint density at radius 2 is 2.00 bits per heavy atom. The number of pyridine rings is 1. The van der Waals surface area contributed by atoms with Crippen molar-refractivity contribution in [1.82, 2.24) is 9.97 Å². The quantitative estimate of drug-likeness (QED) is 0.444. The van der Waals surface area contributed by atoms with Crippen molar-refractivity contribution in [3.63, 3.8) is 0 Å². The predicted octanol–water partition coefficient (Wildman–Crippen LogP) is 3.87. The molecule has 0 atom stereocenters. The number of thiazole rings is 1. The third-order valence-electron chi connectivity index (χ3n) is 4.51. The van der Waals surface area contributed by atoms with Crippen molar-refractivity contribution < 1.29 is 9.18 Å². The molecule has 0 aliphatic rings. The Kier molecular flexibility index (Phi) is 6.07. The van der Waals surface area contributed by atoms with Gasteiger partial charge < -0.3 is 0 Å². The summed E-state index contributed by atoms with van der Waals surface area (Å²) in [6.45, 7) is 3.84. The van der Waals surface area contributed by atoms with Gasteiger partial charge in [-0.1, -0.05) is 0 Å². The zero-order valence-electron chi connectivity index (χ0n) is 16.4. The summed E-state index contributed by atoms with van der Waals surface area (Å²) in [6, 6.07) is 14.2. The van der Waals surface area contributed by atoms with E-state index in [1.807, 2.05) is 43.5 Å². The molecule has 0 bridgehead atoms. The van der Waals surface area contributed by atoms with Crippen molar-refractivity contribution in [1.29, 1.82) is 0 Å². The number of hydrogen-bond donors (Lipinski definition) is 1. The van der Waals surface area contributed by atoms with Gasteiger partial charge in [-0.05, 0) is 0 Å². The molecule has 0 unspecified atom stereocenters. The first-order valence-electron chi connectivity index (χ1n) is 9.25. The van der Waals surface area contributed by atoms with Gasteiger partial charge in [0.1, 0.15) is 0 Å². The van der Waals surface area contributed by atoms with E-state index in [-0.39, 0.29) is 27.3 Å². The molecule has 0 spiro atoms. The van der Waals surface area contributed by atoms with Gasteiger partial charge in [-0.15, -0.1) is 0 Å². The molecule has 2 aromatic carbocycles. The number of halogens is 1. The third kappa shape index (κ3) is 4.66. The minimum atomic E-state index is -0.437. The Labute approximate surface area is 184 Å². The van der Waals surface area contributed by atoms with Crippen LogP contribution in [0.1, 0.15) is 21.5 Å². The van der Waals surface area contributed by atoms with Crippen LogP contribution >= 0.6 is 11.3 Å². The van der Waals surface area contributed by atoms with E-state index in [2.05, 4.69) is 10.3 Å². The van der Waals surface area contributed by atoms with Crippen molar-refractivity contribution in [2.24, 2.45) is 0 Å². The Morgan fingerprint density at radius 1 is 1.13 bits per heavy atom. The van der Waals surface area contributed by atoms with Crippen LogP contribution in [0, 0.1) is 19.7 Å². The second kappa shape index (κ2) is 8.90. The monoisotopic (exact) mass is 478 g/mol. The van der Waals surface area contributed by atoms with Gasteiger partial charge in [0.2, 0.25) is 0 Å². The number of benzene rings is 2. The number of rotatable bonds is 5. The molecular weight excluding hydrogens is 460 g/mol. The number of carbonyl (C=O) groups is 1. The number of nitrogens with zero attached hydrogens (tertiary/aromatic N) is 2. The number of hydrogen-bond acceptors (Lipinski definition) is 4. The predicted molar refractivity (Wildman–Crippen MR) is 121 cm³/mol. The number of nitrogens with one attached hydrogen (secondary N) is 1. The molecular formula is C23H18AsFN3OS. The molecule has 0 aliphatic carbocycles. The Hall–Kier alpha value is -2.82. The average Bonchev–Trinajstić information content (AvgIpc) is 3.21. The van der Waals surface area contributed by atoms with Crippen LogP contribution in [0.3, 0.4) is 0 Å². The summed E-state index contributed by atoms with van der Waals surface area (Å²) in [5.41, 5.74) is 4.52. The molecule has 0 fully saturated rings. The summed E-state index contributed by atoms with van der Waals surface area (Å²) in [7, 11) is 0. The van der Waals surface area contributed by atoms with Crippen LogP contribution in [0.25, 0.3) is 11.3 Å². The number of aryl methyl sites for hydroxylation is 2. The van der Waals surface area contributed by atoms with Crippen LogP contribution < -0.4 is 13.5 Å². The number of amides is 1. The molecule has 2 aromatic heterocycles.